The SMILES string of the molecule is Cc1cccnc1-c1noc(C(O)c2ccccc2)n1. The zero-order valence-corrected chi connectivity index (χ0v) is 10.9. The molecule has 0 amide bonds. The van der Waals surface area contributed by atoms with Gasteiger partial charge >= 0.3 is 0 Å². The third-order valence-corrected chi connectivity index (χ3v) is 3.01. The molecule has 0 spiro atoms. The van der Waals surface area contributed by atoms with Crippen LogP contribution in [0.2, 0.25) is 0 Å². The van der Waals surface area contributed by atoms with E-state index in [2.05, 4.69) is 15.1 Å². The summed E-state index contributed by atoms with van der Waals surface area (Å²) >= 11 is 0. The van der Waals surface area contributed by atoms with Gasteiger partial charge in [-0.15, -0.1) is 0 Å². The quantitative estimate of drug-likeness (QED) is 0.789. The summed E-state index contributed by atoms with van der Waals surface area (Å²) in [5.41, 5.74) is 2.32. The van der Waals surface area contributed by atoms with Crippen molar-refractivity contribution in [3.05, 3.63) is 65.7 Å². The van der Waals surface area contributed by atoms with E-state index in [9.17, 15) is 5.11 Å². The van der Waals surface area contributed by atoms with Gasteiger partial charge in [0, 0.05) is 6.20 Å². The van der Waals surface area contributed by atoms with Crippen molar-refractivity contribution in [2.75, 3.05) is 0 Å². The van der Waals surface area contributed by atoms with Crippen molar-refractivity contribution >= 4 is 0 Å². The number of hydrogen-bond donors (Lipinski definition) is 1. The lowest BCUT2D eigenvalue weighted by Gasteiger charge is -2.04. The third-order valence-electron chi connectivity index (χ3n) is 3.01. The number of pyridine rings is 1. The highest BCUT2D eigenvalue weighted by Gasteiger charge is 2.19. The maximum Gasteiger partial charge on any atom is 0.260 e. The van der Waals surface area contributed by atoms with Crippen LogP contribution < -0.4 is 0 Å². The van der Waals surface area contributed by atoms with Gasteiger partial charge in [0.2, 0.25) is 5.82 Å². The summed E-state index contributed by atoms with van der Waals surface area (Å²) in [6.07, 6.45) is 0.743. The Morgan fingerprint density at radius 3 is 2.65 bits per heavy atom. The van der Waals surface area contributed by atoms with Gasteiger partial charge in [-0.05, 0) is 24.1 Å². The van der Waals surface area contributed by atoms with Crippen molar-refractivity contribution in [1.82, 2.24) is 15.1 Å². The predicted octanol–water partition coefficient (Wildman–Crippen LogP) is 2.52. The summed E-state index contributed by atoms with van der Waals surface area (Å²) in [6.45, 7) is 1.92. The van der Waals surface area contributed by atoms with Crippen LogP contribution in [0.15, 0.2) is 53.2 Å². The average Bonchev–Trinajstić information content (AvgIpc) is 2.97. The molecule has 0 aliphatic rings. The number of hydrogen-bond acceptors (Lipinski definition) is 5. The van der Waals surface area contributed by atoms with Crippen LogP contribution in [-0.4, -0.2) is 20.2 Å². The van der Waals surface area contributed by atoms with Gasteiger partial charge in [-0.1, -0.05) is 41.6 Å². The molecule has 3 rings (SSSR count). The van der Waals surface area contributed by atoms with E-state index >= 15 is 0 Å². The average molecular weight is 267 g/mol. The van der Waals surface area contributed by atoms with E-state index in [1.807, 2.05) is 37.3 Å². The number of aromatic nitrogens is 3. The summed E-state index contributed by atoms with van der Waals surface area (Å²) in [4.78, 5) is 8.45. The van der Waals surface area contributed by atoms with Crippen LogP contribution in [-0.2, 0) is 0 Å². The Morgan fingerprint density at radius 1 is 1.10 bits per heavy atom. The van der Waals surface area contributed by atoms with Crippen molar-refractivity contribution in [2.45, 2.75) is 13.0 Å². The molecule has 1 N–H and O–H groups in total. The predicted molar refractivity (Wildman–Crippen MR) is 72.8 cm³/mol. The second-order valence-electron chi connectivity index (χ2n) is 4.44. The topological polar surface area (TPSA) is 72.0 Å². The fraction of sp³-hybridized carbons (Fsp3) is 0.133. The van der Waals surface area contributed by atoms with Gasteiger partial charge < -0.3 is 9.63 Å². The Hall–Kier alpha value is -2.53. The molecule has 100 valence electrons. The maximum absolute atomic E-state index is 10.2. The molecule has 0 bridgehead atoms. The van der Waals surface area contributed by atoms with Gasteiger partial charge in [-0.3, -0.25) is 4.98 Å². The minimum Gasteiger partial charge on any atom is -0.378 e. The van der Waals surface area contributed by atoms with E-state index in [1.165, 1.54) is 0 Å². The highest BCUT2D eigenvalue weighted by atomic mass is 16.5. The van der Waals surface area contributed by atoms with Crippen LogP contribution in [0.4, 0.5) is 0 Å². The molecule has 0 aliphatic heterocycles. The zero-order valence-electron chi connectivity index (χ0n) is 10.9. The third kappa shape index (κ3) is 2.31. The normalized spacial score (nSPS) is 12.3. The fourth-order valence-electron chi connectivity index (χ4n) is 1.94. The van der Waals surface area contributed by atoms with E-state index in [1.54, 1.807) is 18.3 Å². The van der Waals surface area contributed by atoms with Gasteiger partial charge in [0.15, 0.2) is 6.10 Å². The lowest BCUT2D eigenvalue weighted by Crippen LogP contribution is -1.99. The van der Waals surface area contributed by atoms with Crippen molar-refractivity contribution in [2.24, 2.45) is 0 Å². The van der Waals surface area contributed by atoms with Gasteiger partial charge in [0.1, 0.15) is 5.69 Å². The highest BCUT2D eigenvalue weighted by molar-refractivity contribution is 5.53. The van der Waals surface area contributed by atoms with Crippen LogP contribution in [0.5, 0.6) is 0 Å². The molecule has 2 aromatic heterocycles. The second-order valence-corrected chi connectivity index (χ2v) is 4.44. The first-order valence-electron chi connectivity index (χ1n) is 6.24. The minimum absolute atomic E-state index is 0.163. The lowest BCUT2D eigenvalue weighted by atomic mass is 10.1. The van der Waals surface area contributed by atoms with Crippen LogP contribution in [0, 0.1) is 6.92 Å². The maximum atomic E-state index is 10.2. The van der Waals surface area contributed by atoms with E-state index in [0.29, 0.717) is 17.1 Å². The smallest absolute Gasteiger partial charge is 0.260 e. The first kappa shape index (κ1) is 12.5. The van der Waals surface area contributed by atoms with E-state index in [-0.39, 0.29) is 5.89 Å². The molecule has 3 aromatic rings. The van der Waals surface area contributed by atoms with Crippen molar-refractivity contribution < 1.29 is 9.63 Å². The van der Waals surface area contributed by atoms with Crippen LogP contribution in [0.3, 0.4) is 0 Å². The monoisotopic (exact) mass is 267 g/mol. The summed E-state index contributed by atoms with van der Waals surface area (Å²) < 4.78 is 5.14. The Balaban J connectivity index is 1.93. The molecule has 1 aromatic carbocycles. The van der Waals surface area contributed by atoms with Crippen LogP contribution in [0.1, 0.15) is 23.1 Å². The summed E-state index contributed by atoms with van der Waals surface area (Å²) in [5, 5.41) is 14.1. The molecule has 5 nitrogen and oxygen atoms in total. The molecule has 1 unspecified atom stereocenters. The molecular formula is C15H13N3O2. The first-order valence-corrected chi connectivity index (χ1v) is 6.24. The Kier molecular flexibility index (Phi) is 3.26. The van der Waals surface area contributed by atoms with Crippen LogP contribution in [0.25, 0.3) is 11.5 Å². The van der Waals surface area contributed by atoms with Crippen LogP contribution >= 0.6 is 0 Å². The highest BCUT2D eigenvalue weighted by Crippen LogP contribution is 2.23. The molecule has 2 heterocycles. The van der Waals surface area contributed by atoms with Crippen molar-refractivity contribution in [3.8, 4) is 11.5 Å². The molecule has 0 aliphatic carbocycles. The minimum atomic E-state index is -0.929. The second kappa shape index (κ2) is 5.22. The number of benzene rings is 1. The molecule has 0 radical (unpaired) electrons. The van der Waals surface area contributed by atoms with Crippen molar-refractivity contribution in [3.63, 3.8) is 0 Å². The standard InChI is InChI=1S/C15H13N3O2/c1-10-6-5-9-16-12(10)14-17-15(20-18-14)13(19)11-7-3-2-4-8-11/h2-9,13,19H,1H3. The molecule has 0 saturated carbocycles. The molecule has 1 atom stereocenters. The molecule has 0 saturated heterocycles. The molecule has 0 fully saturated rings. The van der Waals surface area contributed by atoms with Gasteiger partial charge in [-0.25, -0.2) is 0 Å². The fourth-order valence-corrected chi connectivity index (χ4v) is 1.94. The van der Waals surface area contributed by atoms with E-state index in [4.69, 9.17) is 4.52 Å². The summed E-state index contributed by atoms with van der Waals surface area (Å²) in [6, 6.07) is 13.0. The number of rotatable bonds is 3. The van der Waals surface area contributed by atoms with E-state index < -0.39 is 6.10 Å². The number of aryl methyl sites for hydroxylation is 1. The number of aliphatic hydroxyl groups is 1. The van der Waals surface area contributed by atoms with E-state index in [0.717, 1.165) is 5.56 Å². The molecular weight excluding hydrogens is 254 g/mol. The summed E-state index contributed by atoms with van der Waals surface area (Å²) in [7, 11) is 0. The number of aliphatic hydroxyl groups excluding tert-OH is 1. The molecule has 20 heavy (non-hydrogen) atoms. The Bertz CT molecular complexity index is 710. The van der Waals surface area contributed by atoms with Crippen molar-refractivity contribution in [1.29, 1.82) is 0 Å². The van der Waals surface area contributed by atoms with Gasteiger partial charge in [0.05, 0.1) is 0 Å². The lowest BCUT2D eigenvalue weighted by molar-refractivity contribution is 0.170. The van der Waals surface area contributed by atoms with Gasteiger partial charge in [-0.2, -0.15) is 4.98 Å². The first-order chi connectivity index (χ1) is 9.75. The molecule has 5 heteroatoms. The Labute approximate surface area is 115 Å². The Morgan fingerprint density at radius 2 is 1.90 bits per heavy atom. The van der Waals surface area contributed by atoms with Gasteiger partial charge in [0.25, 0.3) is 5.89 Å². The number of nitrogens with zero attached hydrogens (tertiary/aromatic N) is 3. The largest absolute Gasteiger partial charge is 0.378 e. The summed E-state index contributed by atoms with van der Waals surface area (Å²) in [5.74, 6) is 0.546. The zero-order chi connectivity index (χ0) is 13.9.